The normalized spacial score (nSPS) is 17.8. The summed E-state index contributed by atoms with van der Waals surface area (Å²) in [5.74, 6) is 0.285. The van der Waals surface area contributed by atoms with Crippen LogP contribution in [-0.4, -0.2) is 29.7 Å². The predicted octanol–water partition coefficient (Wildman–Crippen LogP) is 5.56. The highest BCUT2D eigenvalue weighted by Crippen LogP contribution is 2.35. The molecule has 2 aliphatic carbocycles. The molecule has 0 unspecified atom stereocenters. The summed E-state index contributed by atoms with van der Waals surface area (Å²) in [6.07, 6.45) is 0.660. The molecule has 2 aromatic carbocycles. The second-order valence-electron chi connectivity index (χ2n) is 9.05. The van der Waals surface area contributed by atoms with Crippen molar-refractivity contribution in [2.24, 2.45) is 9.98 Å². The van der Waals surface area contributed by atoms with Gasteiger partial charge in [0.05, 0.1) is 24.3 Å². The van der Waals surface area contributed by atoms with Gasteiger partial charge in [0.1, 0.15) is 6.67 Å². The third-order valence-corrected chi connectivity index (χ3v) is 7.69. The molecule has 0 amide bonds. The van der Waals surface area contributed by atoms with Gasteiger partial charge in [-0.25, -0.2) is 0 Å². The molecule has 0 heterocycles. The van der Waals surface area contributed by atoms with E-state index in [0.29, 0.717) is 12.8 Å². The third-order valence-electron chi connectivity index (χ3n) is 7.69. The molecule has 0 fully saturated rings. The molecule has 0 spiro atoms. The summed E-state index contributed by atoms with van der Waals surface area (Å²) in [5, 5.41) is 0. The van der Waals surface area contributed by atoms with Crippen molar-refractivity contribution in [2.75, 3.05) is 6.67 Å². The Morgan fingerprint density at radius 3 is 1.10 bits per heavy atom. The fraction of sp³-hybridized carbons (Fsp3) is 0.407. The van der Waals surface area contributed by atoms with E-state index in [-0.39, 0.29) is 18.2 Å². The summed E-state index contributed by atoms with van der Waals surface area (Å²) in [4.78, 5) is 34.9. The van der Waals surface area contributed by atoms with E-state index in [1.165, 1.54) is 22.3 Å². The summed E-state index contributed by atoms with van der Waals surface area (Å²) in [6, 6.07) is 0. The van der Waals surface area contributed by atoms with Crippen LogP contribution in [0.4, 0.5) is 0 Å². The number of nitrogens with zero attached hydrogens (tertiary/aromatic N) is 2. The van der Waals surface area contributed by atoms with Crippen LogP contribution in [0.5, 0.6) is 0 Å². The van der Waals surface area contributed by atoms with Crippen LogP contribution < -0.4 is 0 Å². The number of rotatable bonds is 2. The molecular weight excluding hydrogens is 384 g/mol. The van der Waals surface area contributed by atoms with E-state index in [9.17, 15) is 9.59 Å². The Morgan fingerprint density at radius 1 is 0.484 bits per heavy atom. The number of carbonyl (C=O) groups is 2. The average Bonchev–Trinajstić information content (AvgIpc) is 3.24. The molecule has 0 N–H and O–H groups in total. The summed E-state index contributed by atoms with van der Waals surface area (Å²) < 4.78 is 0. The van der Waals surface area contributed by atoms with Crippen molar-refractivity contribution in [1.82, 2.24) is 0 Å². The number of benzene rings is 2. The van der Waals surface area contributed by atoms with Crippen molar-refractivity contribution in [1.29, 1.82) is 0 Å². The average molecular weight is 415 g/mol. The van der Waals surface area contributed by atoms with Gasteiger partial charge in [0.25, 0.3) is 0 Å². The Morgan fingerprint density at radius 2 is 0.774 bits per heavy atom. The summed E-state index contributed by atoms with van der Waals surface area (Å²) in [6.45, 7) is 16.8. The van der Waals surface area contributed by atoms with E-state index in [0.717, 1.165) is 55.9 Å². The lowest BCUT2D eigenvalue weighted by molar-refractivity contribution is 0.0997. The van der Waals surface area contributed by atoms with E-state index in [1.807, 2.05) is 13.8 Å². The second-order valence-corrected chi connectivity index (χ2v) is 9.05. The molecule has 0 saturated carbocycles. The van der Waals surface area contributed by atoms with Crippen molar-refractivity contribution in [2.45, 2.75) is 68.2 Å². The maximum absolute atomic E-state index is 12.7. The van der Waals surface area contributed by atoms with Gasteiger partial charge in [0.15, 0.2) is 11.6 Å². The highest BCUT2D eigenvalue weighted by atomic mass is 16.1. The minimum atomic E-state index is 0.143. The van der Waals surface area contributed by atoms with Gasteiger partial charge in [-0.1, -0.05) is 0 Å². The highest BCUT2D eigenvalue weighted by molar-refractivity contribution is 6.28. The Hall–Kier alpha value is -2.88. The Balaban J connectivity index is 1.75. The van der Waals surface area contributed by atoms with E-state index in [2.05, 4.69) is 41.5 Å². The van der Waals surface area contributed by atoms with Crippen molar-refractivity contribution >= 4 is 23.0 Å². The Kier molecular flexibility index (Phi) is 5.07. The van der Waals surface area contributed by atoms with Gasteiger partial charge in [0.2, 0.25) is 0 Å². The Labute approximate surface area is 184 Å². The summed E-state index contributed by atoms with van der Waals surface area (Å²) in [7, 11) is 0. The van der Waals surface area contributed by atoms with E-state index in [4.69, 9.17) is 9.98 Å². The van der Waals surface area contributed by atoms with Crippen molar-refractivity contribution in [3.05, 3.63) is 66.8 Å². The van der Waals surface area contributed by atoms with Crippen molar-refractivity contribution < 1.29 is 9.59 Å². The van der Waals surface area contributed by atoms with Gasteiger partial charge in [-0.3, -0.25) is 19.6 Å². The number of aliphatic imine (C=N–C) groups is 2. The van der Waals surface area contributed by atoms with Crippen LogP contribution in [0.3, 0.4) is 0 Å². The lowest BCUT2D eigenvalue weighted by Gasteiger charge is -2.15. The third kappa shape index (κ3) is 3.03. The molecule has 0 aromatic heterocycles. The standard InChI is InChI=1S/C27H30N2O2/c1-12-14(3)18(7)26-22(30)9-20(24(26)16(12)5)28-11-29-21-10-23(31)27-19(8)15(4)13(2)17(6)25(21)27/h9-11H2,1-8H3/b28-20+,29-21+. The number of carbonyl (C=O) groups excluding carboxylic acids is 2. The number of hydrogen-bond acceptors (Lipinski definition) is 4. The predicted molar refractivity (Wildman–Crippen MR) is 127 cm³/mol. The first-order chi connectivity index (χ1) is 14.6. The molecule has 31 heavy (non-hydrogen) atoms. The summed E-state index contributed by atoms with van der Waals surface area (Å²) >= 11 is 0. The maximum Gasteiger partial charge on any atom is 0.169 e. The molecule has 4 heteroatoms. The minimum absolute atomic E-state index is 0.143. The molecular formula is C27H30N2O2. The van der Waals surface area contributed by atoms with Crippen LogP contribution in [0.15, 0.2) is 9.98 Å². The zero-order valence-electron chi connectivity index (χ0n) is 19.8. The van der Waals surface area contributed by atoms with Crippen LogP contribution in [0.2, 0.25) is 0 Å². The lowest BCUT2D eigenvalue weighted by atomic mass is 9.90. The highest BCUT2D eigenvalue weighted by Gasteiger charge is 2.32. The smallest absolute Gasteiger partial charge is 0.169 e. The first kappa shape index (κ1) is 21.4. The monoisotopic (exact) mass is 414 g/mol. The van der Waals surface area contributed by atoms with Gasteiger partial charge >= 0.3 is 0 Å². The number of Topliss-reactive ketones (excluding diaryl/α,β-unsaturated/α-hetero) is 2. The fourth-order valence-electron chi connectivity index (χ4n) is 5.18. The molecule has 0 saturated heterocycles. The molecule has 160 valence electrons. The molecule has 2 aliphatic rings. The van der Waals surface area contributed by atoms with Crippen molar-refractivity contribution in [3.63, 3.8) is 0 Å². The van der Waals surface area contributed by atoms with Crippen LogP contribution in [0, 0.1) is 55.4 Å². The van der Waals surface area contributed by atoms with E-state index < -0.39 is 0 Å². The number of fused-ring (bicyclic) bond motifs is 2. The van der Waals surface area contributed by atoms with Gasteiger partial charge in [-0.05, 0) is 99.9 Å². The molecule has 4 nitrogen and oxygen atoms in total. The topological polar surface area (TPSA) is 58.9 Å². The zero-order chi connectivity index (χ0) is 22.8. The molecule has 0 atom stereocenters. The second kappa shape index (κ2) is 7.37. The number of hydrogen-bond donors (Lipinski definition) is 0. The lowest BCUT2D eigenvalue weighted by Crippen LogP contribution is -2.06. The first-order valence-corrected chi connectivity index (χ1v) is 10.9. The van der Waals surface area contributed by atoms with Crippen LogP contribution in [0.25, 0.3) is 0 Å². The first-order valence-electron chi connectivity index (χ1n) is 10.9. The maximum atomic E-state index is 12.7. The molecule has 2 aromatic rings. The van der Waals surface area contributed by atoms with Crippen LogP contribution >= 0.6 is 0 Å². The quantitative estimate of drug-likeness (QED) is 0.646. The zero-order valence-corrected chi connectivity index (χ0v) is 19.8. The molecule has 0 aliphatic heterocycles. The molecule has 0 bridgehead atoms. The summed E-state index contributed by atoms with van der Waals surface area (Å²) in [5.41, 5.74) is 14.5. The van der Waals surface area contributed by atoms with Crippen LogP contribution in [-0.2, 0) is 0 Å². The molecule has 0 radical (unpaired) electrons. The Bertz CT molecular complexity index is 1160. The van der Waals surface area contributed by atoms with Gasteiger partial charge in [-0.15, -0.1) is 0 Å². The van der Waals surface area contributed by atoms with Crippen LogP contribution in [0.1, 0.15) is 89.2 Å². The van der Waals surface area contributed by atoms with Gasteiger partial charge < -0.3 is 0 Å². The molecule has 4 rings (SSSR count). The SMILES string of the molecule is Cc1c(C)c(C)c2c(c1C)C(=O)C/C2=N\C/N=C1\CC(=O)c2c(C)c(C)c(C)c(C)c21. The largest absolute Gasteiger partial charge is 0.294 e. The van der Waals surface area contributed by atoms with Gasteiger partial charge in [0, 0.05) is 22.3 Å². The van der Waals surface area contributed by atoms with E-state index in [1.54, 1.807) is 0 Å². The van der Waals surface area contributed by atoms with Crippen molar-refractivity contribution in [3.8, 4) is 0 Å². The minimum Gasteiger partial charge on any atom is -0.294 e. The van der Waals surface area contributed by atoms with E-state index >= 15 is 0 Å². The van der Waals surface area contributed by atoms with Gasteiger partial charge in [-0.2, -0.15) is 0 Å². The number of ketones is 2. The fourth-order valence-corrected chi connectivity index (χ4v) is 5.18.